The molecular formula is C7H5F7O. The maximum atomic E-state index is 13.1. The van der Waals surface area contributed by atoms with Gasteiger partial charge in [-0.05, 0) is 12.2 Å². The van der Waals surface area contributed by atoms with Crippen LogP contribution < -0.4 is 0 Å². The van der Waals surface area contributed by atoms with Crippen LogP contribution in [0.4, 0.5) is 30.7 Å². The molecule has 0 aromatic heterocycles. The predicted octanol–water partition coefficient (Wildman–Crippen LogP) is 2.77. The van der Waals surface area contributed by atoms with Crippen LogP contribution in [0.5, 0.6) is 0 Å². The van der Waals surface area contributed by atoms with E-state index in [1.54, 1.807) is 0 Å². The van der Waals surface area contributed by atoms with E-state index in [4.69, 9.17) is 0 Å². The summed E-state index contributed by atoms with van der Waals surface area (Å²) < 4.78 is 89.5. The zero-order valence-corrected chi connectivity index (χ0v) is 6.94. The second-order valence-corrected chi connectivity index (χ2v) is 2.83. The van der Waals surface area contributed by atoms with Gasteiger partial charge >= 0.3 is 11.8 Å². The Balaban J connectivity index is 2.82. The molecule has 0 aliphatic heterocycles. The number of ether oxygens (including phenoxy) is 1. The molecule has 0 amide bonds. The Morgan fingerprint density at radius 3 is 2.00 bits per heavy atom. The summed E-state index contributed by atoms with van der Waals surface area (Å²) in [5.74, 6) is -8.89. The van der Waals surface area contributed by atoms with Gasteiger partial charge in [-0.15, -0.1) is 0 Å². The first-order chi connectivity index (χ1) is 6.71. The number of hydrogen-bond donors (Lipinski definition) is 0. The van der Waals surface area contributed by atoms with Gasteiger partial charge in [0.25, 0.3) is 12.8 Å². The molecule has 3 unspecified atom stereocenters. The van der Waals surface area contributed by atoms with Crippen molar-refractivity contribution in [2.24, 2.45) is 0 Å². The molecule has 0 saturated carbocycles. The summed E-state index contributed by atoms with van der Waals surface area (Å²) in [6, 6.07) is 0. The van der Waals surface area contributed by atoms with Crippen LogP contribution >= 0.6 is 0 Å². The van der Waals surface area contributed by atoms with Crippen molar-refractivity contribution in [3.05, 3.63) is 12.2 Å². The summed E-state index contributed by atoms with van der Waals surface area (Å²) in [6.07, 6.45) is -10.6. The highest BCUT2D eigenvalue weighted by Gasteiger charge is 2.65. The highest BCUT2D eigenvalue weighted by atomic mass is 19.3. The van der Waals surface area contributed by atoms with Crippen LogP contribution in [-0.2, 0) is 4.74 Å². The van der Waals surface area contributed by atoms with Crippen molar-refractivity contribution in [2.75, 3.05) is 0 Å². The normalized spacial score (nSPS) is 36.1. The van der Waals surface area contributed by atoms with E-state index < -0.39 is 30.7 Å². The molecule has 0 aromatic carbocycles. The van der Waals surface area contributed by atoms with E-state index in [1.165, 1.54) is 0 Å². The third kappa shape index (κ3) is 1.95. The maximum Gasteiger partial charge on any atom is 0.327 e. The molecule has 8 heteroatoms. The van der Waals surface area contributed by atoms with E-state index in [9.17, 15) is 30.7 Å². The van der Waals surface area contributed by atoms with Gasteiger partial charge in [-0.1, -0.05) is 0 Å². The first-order valence-corrected chi connectivity index (χ1v) is 3.71. The van der Waals surface area contributed by atoms with E-state index in [2.05, 4.69) is 4.74 Å². The summed E-state index contributed by atoms with van der Waals surface area (Å²) >= 11 is 0. The Bertz CT molecular complexity index is 266. The summed E-state index contributed by atoms with van der Waals surface area (Å²) in [7, 11) is 0. The number of alkyl halides is 7. The fourth-order valence-corrected chi connectivity index (χ4v) is 0.985. The van der Waals surface area contributed by atoms with E-state index in [1.807, 2.05) is 0 Å². The third-order valence-electron chi connectivity index (χ3n) is 1.77. The zero-order chi connectivity index (χ0) is 11.9. The molecule has 0 aromatic rings. The Labute approximate surface area is 79.5 Å². The van der Waals surface area contributed by atoms with E-state index in [0.717, 1.165) is 0 Å². The zero-order valence-electron chi connectivity index (χ0n) is 6.94. The minimum atomic E-state index is -4.48. The second kappa shape index (κ2) is 3.66. The molecule has 0 N–H and O–H groups in total. The van der Waals surface area contributed by atoms with Crippen LogP contribution in [0.2, 0.25) is 0 Å². The molecule has 0 spiro atoms. The van der Waals surface area contributed by atoms with Crippen LogP contribution in [0.15, 0.2) is 12.2 Å². The SMILES string of the molecule is FC(F)C(F)OC1(F)C(F)C=CC1(F)F. The van der Waals surface area contributed by atoms with E-state index in [0.29, 0.717) is 0 Å². The fraction of sp³-hybridized carbons (Fsp3) is 0.714. The average Bonchev–Trinajstić information content (AvgIpc) is 2.30. The number of halogens is 7. The van der Waals surface area contributed by atoms with E-state index in [-0.39, 0.29) is 12.2 Å². The standard InChI is InChI=1S/C7H5F7O/c8-3-1-2-6(12,13)7(3,14)15-5(11)4(9)10/h1-5H. The van der Waals surface area contributed by atoms with Crippen molar-refractivity contribution in [3.63, 3.8) is 0 Å². The summed E-state index contributed by atoms with van der Waals surface area (Å²) in [6.45, 7) is 0. The van der Waals surface area contributed by atoms with Crippen molar-refractivity contribution < 1.29 is 35.5 Å². The van der Waals surface area contributed by atoms with Crippen molar-refractivity contribution in [1.82, 2.24) is 0 Å². The number of rotatable bonds is 3. The Morgan fingerprint density at radius 1 is 1.13 bits per heavy atom. The lowest BCUT2D eigenvalue weighted by Crippen LogP contribution is -2.50. The Morgan fingerprint density at radius 2 is 1.67 bits per heavy atom. The van der Waals surface area contributed by atoms with Crippen molar-refractivity contribution in [3.8, 4) is 0 Å². The smallest absolute Gasteiger partial charge is 0.298 e. The van der Waals surface area contributed by atoms with Gasteiger partial charge < -0.3 is 0 Å². The van der Waals surface area contributed by atoms with Crippen molar-refractivity contribution in [1.29, 1.82) is 0 Å². The van der Waals surface area contributed by atoms with Crippen LogP contribution in [0.1, 0.15) is 0 Å². The van der Waals surface area contributed by atoms with Crippen LogP contribution in [-0.4, -0.2) is 30.7 Å². The van der Waals surface area contributed by atoms with E-state index >= 15 is 0 Å². The molecule has 15 heavy (non-hydrogen) atoms. The van der Waals surface area contributed by atoms with Crippen LogP contribution in [0, 0.1) is 0 Å². The summed E-state index contributed by atoms with van der Waals surface area (Å²) in [4.78, 5) is 0. The first-order valence-electron chi connectivity index (χ1n) is 3.71. The minimum Gasteiger partial charge on any atom is -0.298 e. The second-order valence-electron chi connectivity index (χ2n) is 2.83. The number of hydrogen-bond acceptors (Lipinski definition) is 1. The van der Waals surface area contributed by atoms with Crippen molar-refractivity contribution >= 4 is 0 Å². The topological polar surface area (TPSA) is 9.23 Å². The lowest BCUT2D eigenvalue weighted by molar-refractivity contribution is -0.323. The Hall–Kier alpha value is -0.790. The monoisotopic (exact) mass is 238 g/mol. The molecule has 0 saturated heterocycles. The molecule has 1 nitrogen and oxygen atoms in total. The van der Waals surface area contributed by atoms with Gasteiger partial charge in [-0.25, -0.2) is 22.0 Å². The van der Waals surface area contributed by atoms with Crippen molar-refractivity contribution in [2.45, 2.75) is 30.7 Å². The van der Waals surface area contributed by atoms with Gasteiger partial charge in [0.05, 0.1) is 0 Å². The lowest BCUT2D eigenvalue weighted by atomic mass is 10.2. The quantitative estimate of drug-likeness (QED) is 0.542. The lowest BCUT2D eigenvalue weighted by Gasteiger charge is -2.29. The molecule has 1 aliphatic rings. The van der Waals surface area contributed by atoms with Crippen LogP contribution in [0.3, 0.4) is 0 Å². The highest BCUT2D eigenvalue weighted by molar-refractivity contribution is 5.19. The average molecular weight is 238 g/mol. The predicted molar refractivity (Wildman–Crippen MR) is 34.8 cm³/mol. The molecule has 1 aliphatic carbocycles. The molecule has 0 heterocycles. The van der Waals surface area contributed by atoms with Gasteiger partial charge in [-0.3, -0.25) is 4.74 Å². The van der Waals surface area contributed by atoms with Gasteiger partial charge in [0, 0.05) is 0 Å². The molecule has 3 atom stereocenters. The van der Waals surface area contributed by atoms with Gasteiger partial charge in [-0.2, -0.15) is 8.78 Å². The fourth-order valence-electron chi connectivity index (χ4n) is 0.985. The van der Waals surface area contributed by atoms with Gasteiger partial charge in [0.2, 0.25) is 0 Å². The maximum absolute atomic E-state index is 13.1. The molecule has 88 valence electrons. The largest absolute Gasteiger partial charge is 0.327 e. The molecule has 1 rings (SSSR count). The van der Waals surface area contributed by atoms with Gasteiger partial charge in [0.1, 0.15) is 0 Å². The van der Waals surface area contributed by atoms with Crippen LogP contribution in [0.25, 0.3) is 0 Å². The van der Waals surface area contributed by atoms with Gasteiger partial charge in [0.15, 0.2) is 6.17 Å². The molecular weight excluding hydrogens is 233 g/mol. The third-order valence-corrected chi connectivity index (χ3v) is 1.77. The molecule has 0 radical (unpaired) electrons. The summed E-state index contributed by atoms with van der Waals surface area (Å²) in [5, 5.41) is 0. The summed E-state index contributed by atoms with van der Waals surface area (Å²) in [5.41, 5.74) is 0. The molecule has 0 fully saturated rings. The first kappa shape index (κ1) is 12.3. The molecule has 0 bridgehead atoms. The minimum absolute atomic E-state index is 0.0815. The highest BCUT2D eigenvalue weighted by Crippen LogP contribution is 2.45. The Kier molecular flexibility index (Phi) is 2.99.